The average molecular weight is 691 g/mol. The molecule has 1 amide bonds. The second kappa shape index (κ2) is 13.5. The summed E-state index contributed by atoms with van der Waals surface area (Å²) >= 11 is 3.35. The minimum absolute atomic E-state index is 0.0326. The van der Waals surface area contributed by atoms with Crippen molar-refractivity contribution in [2.45, 2.75) is 31.9 Å². The molecule has 0 aliphatic carbocycles. The Morgan fingerprint density at radius 2 is 1.50 bits per heavy atom. The highest BCUT2D eigenvalue weighted by Crippen LogP contribution is 2.32. The number of amides is 1. The second-order valence-electron chi connectivity index (χ2n) is 10.4. The average Bonchev–Trinajstić information content (AvgIpc) is 2.96. The number of carbonyl (C=O) groups is 1. The van der Waals surface area contributed by atoms with E-state index in [0.29, 0.717) is 16.6 Å². The molecule has 0 fully saturated rings. The van der Waals surface area contributed by atoms with E-state index >= 15 is 0 Å². The smallest absolute Gasteiger partial charge is 0.358 e. The van der Waals surface area contributed by atoms with Gasteiger partial charge in [0.1, 0.15) is 0 Å². The molecule has 0 aliphatic rings. The Labute approximate surface area is 262 Å². The Bertz CT molecular complexity index is 1710. The van der Waals surface area contributed by atoms with E-state index in [0.717, 1.165) is 28.3 Å². The van der Waals surface area contributed by atoms with Crippen molar-refractivity contribution in [2.24, 2.45) is 5.92 Å². The van der Waals surface area contributed by atoms with Crippen LogP contribution in [-0.4, -0.2) is 31.5 Å². The molecule has 232 valence electrons. The van der Waals surface area contributed by atoms with Crippen LogP contribution >= 0.6 is 15.9 Å². The van der Waals surface area contributed by atoms with Crippen LogP contribution in [0, 0.1) is 5.92 Å². The van der Waals surface area contributed by atoms with Crippen molar-refractivity contribution in [3.05, 3.63) is 130 Å². The van der Waals surface area contributed by atoms with Gasteiger partial charge in [-0.1, -0.05) is 89.6 Å². The van der Waals surface area contributed by atoms with E-state index in [-0.39, 0.29) is 23.4 Å². The second-order valence-corrected chi connectivity index (χ2v) is 13.2. The zero-order valence-electron chi connectivity index (χ0n) is 23.8. The van der Waals surface area contributed by atoms with Gasteiger partial charge in [-0.3, -0.25) is 10.1 Å². The summed E-state index contributed by atoms with van der Waals surface area (Å²) in [5.41, 5.74) is 0.842. The fourth-order valence-electron chi connectivity index (χ4n) is 4.71. The van der Waals surface area contributed by atoms with E-state index in [2.05, 4.69) is 26.6 Å². The molecule has 0 saturated carbocycles. The normalized spacial score (nSPS) is 14.0. The summed E-state index contributed by atoms with van der Waals surface area (Å²) in [6.45, 7) is 1.50. The summed E-state index contributed by atoms with van der Waals surface area (Å²) in [4.78, 5) is 13.7. The van der Waals surface area contributed by atoms with Crippen molar-refractivity contribution in [3.63, 3.8) is 0 Å². The van der Waals surface area contributed by atoms with Crippen molar-refractivity contribution in [1.82, 2.24) is 10.6 Å². The minimum Gasteiger partial charge on any atom is -0.358 e. The number of hydrogen-bond donors (Lipinski definition) is 3. The van der Waals surface area contributed by atoms with Crippen molar-refractivity contribution in [2.75, 3.05) is 10.6 Å². The van der Waals surface area contributed by atoms with Crippen molar-refractivity contribution >= 4 is 43.2 Å². The lowest BCUT2D eigenvalue weighted by atomic mass is 9.95. The quantitative estimate of drug-likeness (QED) is 0.154. The molecule has 0 radical (unpaired) electrons. The molecule has 0 unspecified atom stereocenters. The highest BCUT2D eigenvalue weighted by Gasteiger charge is 2.36. The van der Waals surface area contributed by atoms with Crippen LogP contribution in [0.15, 0.2) is 108 Å². The van der Waals surface area contributed by atoms with E-state index in [4.69, 9.17) is 0 Å². The Balaban J connectivity index is 1.67. The predicted molar refractivity (Wildman–Crippen MR) is 168 cm³/mol. The predicted octanol–water partition coefficient (Wildman–Crippen LogP) is 6.61. The number of aliphatic hydroxyl groups is 1. The number of rotatable bonds is 11. The van der Waals surface area contributed by atoms with Gasteiger partial charge in [0.2, 0.25) is 10.0 Å². The molecular formula is C32H31BrF3N3O4S. The van der Waals surface area contributed by atoms with Gasteiger partial charge in [0, 0.05) is 22.5 Å². The number of hydrogen-bond acceptors (Lipinski definition) is 5. The van der Waals surface area contributed by atoms with Crippen LogP contribution in [0.25, 0.3) is 0 Å². The first-order valence-electron chi connectivity index (χ1n) is 13.5. The summed E-state index contributed by atoms with van der Waals surface area (Å²) in [5.74, 6) is -3.49. The molecule has 0 aromatic heterocycles. The third kappa shape index (κ3) is 8.47. The van der Waals surface area contributed by atoms with Crippen LogP contribution in [0.4, 0.5) is 24.5 Å². The highest BCUT2D eigenvalue weighted by molar-refractivity contribution is 9.10. The Morgan fingerprint density at radius 3 is 2.11 bits per heavy atom. The lowest BCUT2D eigenvalue weighted by Gasteiger charge is -2.36. The van der Waals surface area contributed by atoms with Gasteiger partial charge in [-0.25, -0.2) is 12.7 Å². The minimum atomic E-state index is -4.54. The van der Waals surface area contributed by atoms with Gasteiger partial charge < -0.3 is 10.4 Å². The van der Waals surface area contributed by atoms with Crippen LogP contribution < -0.4 is 14.9 Å². The van der Waals surface area contributed by atoms with Gasteiger partial charge in [0.05, 0.1) is 23.2 Å². The number of nitrogens with zero attached hydrogens (tertiary/aromatic N) is 1. The van der Waals surface area contributed by atoms with E-state index < -0.39 is 39.4 Å². The maximum atomic E-state index is 13.7. The maximum Gasteiger partial charge on any atom is 0.416 e. The number of benzene rings is 4. The molecule has 12 heteroatoms. The topological polar surface area (TPSA) is 98.7 Å². The Hall–Kier alpha value is -3.71. The maximum absolute atomic E-state index is 13.7. The van der Waals surface area contributed by atoms with Crippen LogP contribution in [-0.2, 0) is 29.2 Å². The molecule has 0 spiro atoms. The monoisotopic (exact) mass is 689 g/mol. The molecule has 0 saturated heterocycles. The molecule has 4 rings (SSSR count). The molecule has 7 nitrogen and oxygen atoms in total. The fourth-order valence-corrected chi connectivity index (χ4v) is 6.19. The summed E-state index contributed by atoms with van der Waals surface area (Å²) in [7, 11) is -3.83. The van der Waals surface area contributed by atoms with Gasteiger partial charge >= 0.3 is 6.18 Å². The molecule has 4 aromatic carbocycles. The van der Waals surface area contributed by atoms with Crippen LogP contribution in [0.2, 0.25) is 0 Å². The van der Waals surface area contributed by atoms with Gasteiger partial charge in [-0.2, -0.15) is 13.2 Å². The largest absolute Gasteiger partial charge is 0.416 e. The zero-order valence-corrected chi connectivity index (χ0v) is 26.2. The Morgan fingerprint density at radius 1 is 0.886 bits per heavy atom. The van der Waals surface area contributed by atoms with E-state index in [1.807, 2.05) is 30.3 Å². The Kier molecular flexibility index (Phi) is 10.2. The van der Waals surface area contributed by atoms with E-state index in [1.54, 1.807) is 43.3 Å². The lowest BCUT2D eigenvalue weighted by Crippen LogP contribution is -2.63. The molecule has 44 heavy (non-hydrogen) atoms. The standard InChI is InChI=1S/C32H31BrF3N3O4S/c1-22(16-23-10-5-3-6-11-23)32(41,37-21-24-12-9-13-26(17-24)31(34,35)36)38-30(40)25-18-27(33)20-29(19-25)39(44(2,42)43)28-14-7-4-8-15-28/h3-15,17-20,22,37,41H,16,21H2,1-2H3,(H,38,40)/t22-,32+/m1/s1. The number of anilines is 2. The van der Waals surface area contributed by atoms with Gasteiger partial charge in [-0.05, 0) is 53.9 Å². The van der Waals surface area contributed by atoms with Gasteiger partial charge in [-0.15, -0.1) is 0 Å². The van der Waals surface area contributed by atoms with Crippen molar-refractivity contribution < 1.29 is 31.5 Å². The van der Waals surface area contributed by atoms with Crippen LogP contribution in [0.3, 0.4) is 0 Å². The van der Waals surface area contributed by atoms with E-state index in [1.165, 1.54) is 24.3 Å². The zero-order chi connectivity index (χ0) is 32.1. The molecule has 0 aliphatic heterocycles. The van der Waals surface area contributed by atoms with Gasteiger partial charge in [0.25, 0.3) is 5.91 Å². The number of halogens is 4. The van der Waals surface area contributed by atoms with Crippen molar-refractivity contribution in [3.8, 4) is 0 Å². The molecule has 0 bridgehead atoms. The lowest BCUT2D eigenvalue weighted by molar-refractivity contribution is -0.137. The first-order chi connectivity index (χ1) is 20.7. The van der Waals surface area contributed by atoms with Crippen LogP contribution in [0.5, 0.6) is 0 Å². The first kappa shape index (κ1) is 33.2. The summed E-state index contributed by atoms with van der Waals surface area (Å²) in [5, 5.41) is 17.3. The number of para-hydroxylation sites is 1. The molecule has 0 heterocycles. The van der Waals surface area contributed by atoms with Gasteiger partial charge in [0.15, 0.2) is 5.85 Å². The first-order valence-corrected chi connectivity index (χ1v) is 16.2. The van der Waals surface area contributed by atoms with Crippen molar-refractivity contribution in [1.29, 1.82) is 0 Å². The molecule has 2 atom stereocenters. The summed E-state index contributed by atoms with van der Waals surface area (Å²) in [6, 6.07) is 26.6. The number of alkyl halides is 3. The number of carbonyl (C=O) groups excluding carboxylic acids is 1. The summed E-state index contributed by atoms with van der Waals surface area (Å²) < 4.78 is 67.0. The number of nitrogens with one attached hydrogen (secondary N) is 2. The third-order valence-electron chi connectivity index (χ3n) is 6.92. The van der Waals surface area contributed by atoms with E-state index in [9.17, 15) is 31.5 Å². The summed E-state index contributed by atoms with van der Waals surface area (Å²) in [6.07, 6.45) is -3.19. The molecule has 3 N–H and O–H groups in total. The SMILES string of the molecule is C[C@H](Cc1ccccc1)[C@](O)(NCc1cccc(C(F)(F)F)c1)NC(=O)c1cc(Br)cc(N(c2ccccc2)S(C)(=O)=O)c1. The molecule has 4 aromatic rings. The fraction of sp³-hybridized carbons (Fsp3) is 0.219. The number of sulfonamides is 1. The van der Waals surface area contributed by atoms with Crippen LogP contribution in [0.1, 0.15) is 34.0 Å². The molecular weight excluding hydrogens is 659 g/mol. The highest BCUT2D eigenvalue weighted by atomic mass is 79.9. The third-order valence-corrected chi connectivity index (χ3v) is 8.46.